The Balaban J connectivity index is 1.83. The molecule has 0 spiro atoms. The second kappa shape index (κ2) is 8.10. The number of imidazole rings is 1. The molecule has 0 radical (unpaired) electrons. The maximum atomic E-state index is 5.81. The number of hydrogen-bond donors (Lipinski definition) is 0. The number of hydrogen-bond acceptors (Lipinski definition) is 6. The Morgan fingerprint density at radius 1 is 0.667 bits per heavy atom. The van der Waals surface area contributed by atoms with Crippen molar-refractivity contribution in [3.8, 4) is 57.0 Å². The van der Waals surface area contributed by atoms with E-state index in [9.17, 15) is 0 Å². The van der Waals surface area contributed by atoms with Gasteiger partial charge in [0.15, 0.2) is 34.4 Å². The first-order chi connectivity index (χ1) is 16.1. The molecule has 3 aromatic rings. The molecule has 33 heavy (non-hydrogen) atoms. The average Bonchev–Trinajstić information content (AvgIpc) is 3.25. The van der Waals surface area contributed by atoms with E-state index < -0.39 is 0 Å². The van der Waals surface area contributed by atoms with Gasteiger partial charge in [-0.15, -0.1) is 0 Å². The van der Waals surface area contributed by atoms with Crippen molar-refractivity contribution in [1.82, 2.24) is 4.57 Å². The number of nitrogens with zero attached hydrogens (tertiary/aromatic N) is 2. The molecule has 2 aliphatic heterocycles. The Labute approximate surface area is 193 Å². The quantitative estimate of drug-likeness (QED) is 0.534. The molecule has 5 rings (SSSR count). The summed E-state index contributed by atoms with van der Waals surface area (Å²) in [7, 11) is 9.91. The van der Waals surface area contributed by atoms with E-state index in [1.165, 1.54) is 0 Å². The second-order valence-corrected chi connectivity index (χ2v) is 8.04. The highest BCUT2D eigenvalue weighted by atomic mass is 16.5. The van der Waals surface area contributed by atoms with Crippen molar-refractivity contribution in [2.24, 2.45) is 0 Å². The van der Waals surface area contributed by atoms with Gasteiger partial charge in [0.1, 0.15) is 0 Å². The van der Waals surface area contributed by atoms with Crippen molar-refractivity contribution < 1.29 is 33.0 Å². The molecule has 2 aromatic carbocycles. The summed E-state index contributed by atoms with van der Waals surface area (Å²) in [5, 5.41) is 0. The standard InChI is InChI=1S/C25H29N2O6/c1-28-18-11-16-14(22(30-3)24(18)32-5)7-9-26-13-27-10-8-15-17(21(27)20(16)26)12-19(29-2)25(33-6)23(15)31-4/h11-13H,7-10H2,1-6H3/q+1. The zero-order chi connectivity index (χ0) is 23.3. The van der Waals surface area contributed by atoms with Crippen molar-refractivity contribution in [1.29, 1.82) is 0 Å². The summed E-state index contributed by atoms with van der Waals surface area (Å²) in [6.07, 6.45) is 3.87. The number of fused-ring (bicyclic) bond motifs is 7. The highest BCUT2D eigenvalue weighted by Crippen LogP contribution is 2.51. The van der Waals surface area contributed by atoms with Crippen LogP contribution in [0, 0.1) is 0 Å². The Morgan fingerprint density at radius 2 is 1.21 bits per heavy atom. The summed E-state index contributed by atoms with van der Waals surface area (Å²) < 4.78 is 38.9. The van der Waals surface area contributed by atoms with Crippen LogP contribution >= 0.6 is 0 Å². The smallest absolute Gasteiger partial charge is 0.244 e. The normalized spacial score (nSPS) is 13.3. The van der Waals surface area contributed by atoms with Crippen molar-refractivity contribution in [2.45, 2.75) is 25.9 Å². The first kappa shape index (κ1) is 21.3. The lowest BCUT2D eigenvalue weighted by Crippen LogP contribution is -2.38. The minimum absolute atomic E-state index is 0.619. The van der Waals surface area contributed by atoms with Crippen LogP contribution in [0.2, 0.25) is 0 Å². The largest absolute Gasteiger partial charge is 0.493 e. The Kier molecular flexibility index (Phi) is 5.23. The summed E-state index contributed by atoms with van der Waals surface area (Å²) in [4.78, 5) is 0. The van der Waals surface area contributed by atoms with Gasteiger partial charge >= 0.3 is 0 Å². The van der Waals surface area contributed by atoms with Crippen LogP contribution in [-0.2, 0) is 25.9 Å². The molecule has 8 nitrogen and oxygen atoms in total. The van der Waals surface area contributed by atoms with Crippen LogP contribution in [-0.4, -0.2) is 47.2 Å². The van der Waals surface area contributed by atoms with Crippen LogP contribution < -0.4 is 33.0 Å². The molecule has 0 unspecified atom stereocenters. The molecule has 0 aliphatic carbocycles. The third-order valence-electron chi connectivity index (χ3n) is 6.66. The monoisotopic (exact) mass is 453 g/mol. The zero-order valence-corrected chi connectivity index (χ0v) is 19.9. The van der Waals surface area contributed by atoms with Gasteiger partial charge in [0.25, 0.3) is 0 Å². The van der Waals surface area contributed by atoms with E-state index in [0.29, 0.717) is 23.0 Å². The molecule has 1 aromatic heterocycles. The fraction of sp³-hybridized carbons (Fsp3) is 0.400. The van der Waals surface area contributed by atoms with Gasteiger partial charge in [0.2, 0.25) is 17.8 Å². The third kappa shape index (κ3) is 2.93. The summed E-state index contributed by atoms with van der Waals surface area (Å²) in [6.45, 7) is 1.68. The molecule has 0 atom stereocenters. The summed E-state index contributed by atoms with van der Waals surface area (Å²) in [6, 6.07) is 4.10. The molecule has 8 heteroatoms. The van der Waals surface area contributed by atoms with E-state index in [1.807, 2.05) is 0 Å². The maximum absolute atomic E-state index is 5.81. The SMILES string of the molecule is COc1cc2c(c(OC)c1OC)CCn1c[n+]3c(c1-2)-c1cc(OC)c(OC)c(OC)c1CC3. The fourth-order valence-corrected chi connectivity index (χ4v) is 5.27. The number of rotatable bonds is 6. The molecule has 0 N–H and O–H groups in total. The van der Waals surface area contributed by atoms with Gasteiger partial charge in [0.05, 0.1) is 55.7 Å². The molecule has 0 amide bonds. The number of aryl methyl sites for hydroxylation is 2. The molecule has 174 valence electrons. The summed E-state index contributed by atoms with van der Waals surface area (Å²) in [5.41, 5.74) is 6.61. The van der Waals surface area contributed by atoms with Gasteiger partial charge in [-0.2, -0.15) is 0 Å². The molecule has 3 heterocycles. The summed E-state index contributed by atoms with van der Waals surface area (Å²) in [5.74, 6) is 3.96. The van der Waals surface area contributed by atoms with Crippen LogP contribution in [0.25, 0.3) is 22.5 Å². The number of aromatic nitrogens is 2. The number of ether oxygens (including phenoxy) is 6. The van der Waals surface area contributed by atoms with Crippen LogP contribution in [0.1, 0.15) is 11.1 Å². The van der Waals surface area contributed by atoms with Crippen molar-refractivity contribution >= 4 is 0 Å². The van der Waals surface area contributed by atoms with Gasteiger partial charge in [-0.1, -0.05) is 0 Å². The van der Waals surface area contributed by atoms with Crippen LogP contribution in [0.4, 0.5) is 0 Å². The van der Waals surface area contributed by atoms with E-state index in [1.54, 1.807) is 42.7 Å². The van der Waals surface area contributed by atoms with Gasteiger partial charge < -0.3 is 28.4 Å². The van der Waals surface area contributed by atoms with E-state index in [2.05, 4.69) is 27.6 Å². The van der Waals surface area contributed by atoms with Gasteiger partial charge in [-0.25, -0.2) is 9.13 Å². The molecular weight excluding hydrogens is 424 g/mol. The van der Waals surface area contributed by atoms with Gasteiger partial charge in [0, 0.05) is 35.1 Å². The van der Waals surface area contributed by atoms with E-state index in [4.69, 9.17) is 28.4 Å². The maximum Gasteiger partial charge on any atom is 0.244 e. The molecule has 0 saturated carbocycles. The van der Waals surface area contributed by atoms with Gasteiger partial charge in [-0.3, -0.25) is 0 Å². The first-order valence-corrected chi connectivity index (χ1v) is 10.9. The van der Waals surface area contributed by atoms with Crippen molar-refractivity contribution in [3.05, 3.63) is 29.6 Å². The second-order valence-electron chi connectivity index (χ2n) is 8.04. The Hall–Kier alpha value is -3.55. The first-order valence-electron chi connectivity index (χ1n) is 10.9. The third-order valence-corrected chi connectivity index (χ3v) is 6.66. The van der Waals surface area contributed by atoms with E-state index in [-0.39, 0.29) is 0 Å². The lowest BCUT2D eigenvalue weighted by molar-refractivity contribution is -0.687. The van der Waals surface area contributed by atoms with Gasteiger partial charge in [-0.05, 0) is 12.1 Å². The molecule has 0 saturated heterocycles. The van der Waals surface area contributed by atoms with E-state index in [0.717, 1.165) is 71.1 Å². The van der Waals surface area contributed by atoms with Crippen LogP contribution in [0.5, 0.6) is 34.5 Å². The van der Waals surface area contributed by atoms with Crippen LogP contribution in [0.15, 0.2) is 18.5 Å². The van der Waals surface area contributed by atoms with Crippen molar-refractivity contribution in [2.75, 3.05) is 42.7 Å². The van der Waals surface area contributed by atoms with Crippen LogP contribution in [0.3, 0.4) is 0 Å². The number of methoxy groups -OCH3 is 6. The fourth-order valence-electron chi connectivity index (χ4n) is 5.27. The van der Waals surface area contributed by atoms with E-state index >= 15 is 0 Å². The minimum Gasteiger partial charge on any atom is -0.493 e. The lowest BCUT2D eigenvalue weighted by atomic mass is 9.90. The highest BCUT2D eigenvalue weighted by Gasteiger charge is 2.38. The zero-order valence-electron chi connectivity index (χ0n) is 19.9. The number of benzene rings is 2. The molecule has 2 aliphatic rings. The minimum atomic E-state index is 0.619. The predicted octanol–water partition coefficient (Wildman–Crippen LogP) is 3.27. The molecule has 0 bridgehead atoms. The summed E-state index contributed by atoms with van der Waals surface area (Å²) >= 11 is 0. The lowest BCUT2D eigenvalue weighted by Gasteiger charge is -2.24. The molecular formula is C25H29N2O6+. The average molecular weight is 454 g/mol. The topological polar surface area (TPSA) is 64.2 Å². The Bertz CT molecular complexity index is 1150. The Morgan fingerprint density at radius 3 is 1.76 bits per heavy atom. The molecule has 0 fully saturated rings. The van der Waals surface area contributed by atoms with Crippen molar-refractivity contribution in [3.63, 3.8) is 0 Å². The predicted molar refractivity (Wildman–Crippen MR) is 122 cm³/mol. The highest BCUT2D eigenvalue weighted by molar-refractivity contribution is 5.86.